The second kappa shape index (κ2) is 8.86. The van der Waals surface area contributed by atoms with Crippen LogP contribution in [0.5, 0.6) is 0 Å². The van der Waals surface area contributed by atoms with Crippen LogP contribution in [0, 0.1) is 5.82 Å². The molecule has 0 saturated heterocycles. The fourth-order valence-electron chi connectivity index (χ4n) is 3.75. The maximum atomic E-state index is 14.4. The third-order valence-electron chi connectivity index (χ3n) is 5.18. The van der Waals surface area contributed by atoms with Gasteiger partial charge >= 0.3 is 11.9 Å². The monoisotopic (exact) mass is 399 g/mol. The molecule has 0 aromatic heterocycles. The lowest BCUT2D eigenvalue weighted by Gasteiger charge is -2.27. The highest BCUT2D eigenvalue weighted by Gasteiger charge is 2.45. The van der Waals surface area contributed by atoms with Crippen LogP contribution in [0.15, 0.2) is 48.5 Å². The summed E-state index contributed by atoms with van der Waals surface area (Å²) in [4.78, 5) is 36.9. The smallest absolute Gasteiger partial charge is 0.339 e. The number of anilines is 1. The number of amides is 1. The molecule has 3 rings (SSSR count). The molecule has 1 aliphatic rings. The molecule has 0 heterocycles. The predicted octanol–water partition coefficient (Wildman–Crippen LogP) is 3.61. The number of esters is 2. The summed E-state index contributed by atoms with van der Waals surface area (Å²) in [6.07, 6.45) is 2.50. The molecule has 7 heteroatoms. The summed E-state index contributed by atoms with van der Waals surface area (Å²) < 4.78 is 24.3. The first-order valence-electron chi connectivity index (χ1n) is 9.37. The number of benzene rings is 2. The zero-order chi connectivity index (χ0) is 20.9. The van der Waals surface area contributed by atoms with Gasteiger partial charge in [-0.05, 0) is 31.0 Å². The summed E-state index contributed by atoms with van der Waals surface area (Å²) in [5, 5.41) is 2.54. The minimum absolute atomic E-state index is 0.188. The van der Waals surface area contributed by atoms with Crippen molar-refractivity contribution in [2.45, 2.75) is 31.1 Å². The minimum atomic E-state index is -1.07. The topological polar surface area (TPSA) is 81.7 Å². The summed E-state index contributed by atoms with van der Waals surface area (Å²) in [7, 11) is 1.24. The molecule has 1 N–H and O–H groups in total. The van der Waals surface area contributed by atoms with E-state index >= 15 is 0 Å². The molecule has 1 saturated carbocycles. The molecular weight excluding hydrogens is 377 g/mol. The number of carbonyl (C=O) groups excluding carboxylic acids is 3. The van der Waals surface area contributed by atoms with Gasteiger partial charge in [0.1, 0.15) is 5.82 Å². The lowest BCUT2D eigenvalue weighted by molar-refractivity contribution is -0.153. The van der Waals surface area contributed by atoms with Gasteiger partial charge in [0.2, 0.25) is 0 Å². The largest absolute Gasteiger partial charge is 0.465 e. The number of para-hydroxylation sites is 1. The summed E-state index contributed by atoms with van der Waals surface area (Å²) in [5.74, 6) is -2.27. The number of halogens is 1. The Bertz CT molecular complexity index is 921. The molecule has 1 amide bonds. The van der Waals surface area contributed by atoms with Crippen LogP contribution < -0.4 is 5.32 Å². The standard InChI is InChI=1S/C22H22FNO5/c1-28-20(26)15-8-2-5-11-18(15)24-19(25)14-29-21(27)22(12-6-7-13-22)16-9-3-4-10-17(16)23/h2-5,8-11H,6-7,12-14H2,1H3,(H,24,25). The second-order valence-electron chi connectivity index (χ2n) is 6.93. The van der Waals surface area contributed by atoms with E-state index in [-0.39, 0.29) is 11.3 Å². The number of carbonyl (C=O) groups is 3. The van der Waals surface area contributed by atoms with Gasteiger partial charge in [-0.15, -0.1) is 0 Å². The molecule has 1 aliphatic carbocycles. The quantitative estimate of drug-likeness (QED) is 0.751. The Balaban J connectivity index is 1.69. The van der Waals surface area contributed by atoms with Crippen molar-refractivity contribution < 1.29 is 28.2 Å². The molecule has 2 aromatic carbocycles. The van der Waals surface area contributed by atoms with Crippen LogP contribution in [0.25, 0.3) is 0 Å². The van der Waals surface area contributed by atoms with E-state index in [0.29, 0.717) is 18.4 Å². The highest BCUT2D eigenvalue weighted by atomic mass is 19.1. The van der Waals surface area contributed by atoms with E-state index in [1.807, 2.05) is 0 Å². The van der Waals surface area contributed by atoms with E-state index in [2.05, 4.69) is 10.1 Å². The van der Waals surface area contributed by atoms with E-state index in [1.165, 1.54) is 19.2 Å². The number of rotatable bonds is 6. The first-order chi connectivity index (χ1) is 14.0. The van der Waals surface area contributed by atoms with Crippen LogP contribution in [0.2, 0.25) is 0 Å². The Kier molecular flexibility index (Phi) is 6.26. The van der Waals surface area contributed by atoms with Crippen molar-refractivity contribution in [1.82, 2.24) is 0 Å². The van der Waals surface area contributed by atoms with E-state index in [1.54, 1.807) is 36.4 Å². The highest BCUT2D eigenvalue weighted by molar-refractivity contribution is 6.02. The van der Waals surface area contributed by atoms with Gasteiger partial charge in [0.05, 0.1) is 23.8 Å². The van der Waals surface area contributed by atoms with Gasteiger partial charge in [-0.2, -0.15) is 0 Å². The molecule has 2 aromatic rings. The second-order valence-corrected chi connectivity index (χ2v) is 6.93. The fraction of sp³-hybridized carbons (Fsp3) is 0.318. The molecule has 29 heavy (non-hydrogen) atoms. The molecule has 0 radical (unpaired) electrons. The Hall–Kier alpha value is -3.22. The van der Waals surface area contributed by atoms with Gasteiger partial charge in [0, 0.05) is 5.56 Å². The van der Waals surface area contributed by atoms with Gasteiger partial charge < -0.3 is 14.8 Å². The van der Waals surface area contributed by atoms with E-state index in [9.17, 15) is 18.8 Å². The molecular formula is C22H22FNO5. The SMILES string of the molecule is COC(=O)c1ccccc1NC(=O)COC(=O)C1(c2ccccc2F)CCCC1. The number of nitrogens with one attached hydrogen (secondary N) is 1. The zero-order valence-electron chi connectivity index (χ0n) is 16.1. The maximum absolute atomic E-state index is 14.4. The third-order valence-corrected chi connectivity index (χ3v) is 5.18. The minimum Gasteiger partial charge on any atom is -0.465 e. The average molecular weight is 399 g/mol. The lowest BCUT2D eigenvalue weighted by atomic mass is 9.78. The first-order valence-corrected chi connectivity index (χ1v) is 9.37. The van der Waals surface area contributed by atoms with Gasteiger partial charge in [-0.3, -0.25) is 9.59 Å². The maximum Gasteiger partial charge on any atom is 0.339 e. The molecule has 0 bridgehead atoms. The van der Waals surface area contributed by atoms with Crippen molar-refractivity contribution in [2.24, 2.45) is 0 Å². The third kappa shape index (κ3) is 4.29. The lowest BCUT2D eigenvalue weighted by Crippen LogP contribution is -2.37. The Labute approximate surface area is 168 Å². The van der Waals surface area contributed by atoms with Crippen molar-refractivity contribution in [3.05, 3.63) is 65.5 Å². The Morgan fingerprint density at radius 1 is 1.03 bits per heavy atom. The molecule has 0 spiro atoms. The van der Waals surface area contributed by atoms with E-state index in [4.69, 9.17) is 4.74 Å². The van der Waals surface area contributed by atoms with E-state index in [0.717, 1.165) is 12.8 Å². The van der Waals surface area contributed by atoms with Gasteiger partial charge in [0.25, 0.3) is 5.91 Å². The summed E-state index contributed by atoms with van der Waals surface area (Å²) in [6, 6.07) is 12.5. The van der Waals surface area contributed by atoms with Crippen LogP contribution in [0.1, 0.15) is 41.6 Å². The van der Waals surface area contributed by atoms with Gasteiger partial charge in [-0.1, -0.05) is 43.2 Å². The fourth-order valence-corrected chi connectivity index (χ4v) is 3.75. The van der Waals surface area contributed by atoms with Gasteiger partial charge in [-0.25, -0.2) is 9.18 Å². The summed E-state index contributed by atoms with van der Waals surface area (Å²) >= 11 is 0. The van der Waals surface area contributed by atoms with E-state index < -0.39 is 35.7 Å². The van der Waals surface area contributed by atoms with Crippen LogP contribution in [-0.2, 0) is 24.5 Å². The summed E-state index contributed by atoms with van der Waals surface area (Å²) in [5.41, 5.74) is -0.326. The Morgan fingerprint density at radius 2 is 1.69 bits per heavy atom. The van der Waals surface area contributed by atoms with Crippen molar-refractivity contribution in [3.8, 4) is 0 Å². The van der Waals surface area contributed by atoms with Crippen molar-refractivity contribution in [3.63, 3.8) is 0 Å². The predicted molar refractivity (Wildman–Crippen MR) is 104 cm³/mol. The first kappa shape index (κ1) is 20.5. The van der Waals surface area contributed by atoms with Crippen LogP contribution in [-0.4, -0.2) is 31.6 Å². The number of hydrogen-bond donors (Lipinski definition) is 1. The average Bonchev–Trinajstić information content (AvgIpc) is 3.23. The van der Waals surface area contributed by atoms with Crippen LogP contribution in [0.3, 0.4) is 0 Å². The molecule has 0 atom stereocenters. The molecule has 152 valence electrons. The number of methoxy groups -OCH3 is 1. The highest BCUT2D eigenvalue weighted by Crippen LogP contribution is 2.43. The molecule has 6 nitrogen and oxygen atoms in total. The summed E-state index contributed by atoms with van der Waals surface area (Å²) in [6.45, 7) is -0.537. The zero-order valence-corrected chi connectivity index (χ0v) is 16.1. The number of ether oxygens (including phenoxy) is 2. The Morgan fingerprint density at radius 3 is 2.38 bits per heavy atom. The molecule has 0 aliphatic heterocycles. The van der Waals surface area contributed by atoms with Gasteiger partial charge in [0.15, 0.2) is 6.61 Å². The molecule has 0 unspecified atom stereocenters. The van der Waals surface area contributed by atoms with Crippen molar-refractivity contribution >= 4 is 23.5 Å². The normalized spacial score (nSPS) is 14.8. The molecule has 1 fully saturated rings. The number of hydrogen-bond acceptors (Lipinski definition) is 5. The van der Waals surface area contributed by atoms with Crippen LogP contribution >= 0.6 is 0 Å². The van der Waals surface area contributed by atoms with Crippen molar-refractivity contribution in [2.75, 3.05) is 19.0 Å². The van der Waals surface area contributed by atoms with Crippen molar-refractivity contribution in [1.29, 1.82) is 0 Å². The van der Waals surface area contributed by atoms with Crippen LogP contribution in [0.4, 0.5) is 10.1 Å².